The molecule has 37 heavy (non-hydrogen) atoms. The van der Waals surface area contributed by atoms with E-state index in [2.05, 4.69) is 30.3 Å². The molecule has 2 aromatic heterocycles. The summed E-state index contributed by atoms with van der Waals surface area (Å²) in [5.74, 6) is -0.123. The average molecular weight is 565 g/mol. The zero-order chi connectivity index (χ0) is 27.1. The van der Waals surface area contributed by atoms with Crippen molar-refractivity contribution in [1.29, 1.82) is 0 Å². The molecule has 0 bridgehead atoms. The number of hydrogen-bond donors (Lipinski definition) is 4. The number of halogens is 3. The van der Waals surface area contributed by atoms with E-state index >= 15 is 4.39 Å². The smallest absolute Gasteiger partial charge is 0.263 e. The highest BCUT2D eigenvalue weighted by Crippen LogP contribution is 2.38. The van der Waals surface area contributed by atoms with Crippen molar-refractivity contribution in [1.82, 2.24) is 15.0 Å². The first-order valence-corrected chi connectivity index (χ1v) is 13.2. The van der Waals surface area contributed by atoms with Gasteiger partial charge in [0.2, 0.25) is 5.95 Å². The summed E-state index contributed by atoms with van der Waals surface area (Å²) in [4.78, 5) is 12.5. The Kier molecular flexibility index (Phi) is 7.17. The molecule has 0 fully saturated rings. The van der Waals surface area contributed by atoms with Crippen molar-refractivity contribution in [3.8, 4) is 11.1 Å². The van der Waals surface area contributed by atoms with Crippen LogP contribution in [0.4, 0.5) is 21.8 Å². The highest BCUT2D eigenvalue weighted by Gasteiger charge is 2.28. The molecule has 0 amide bonds. The summed E-state index contributed by atoms with van der Waals surface area (Å²) in [5, 5.41) is 16.5. The SMILES string of the molecule is CNc1ncc2cc(-c3cccc(NS(=O)(=O)c4cc(Cl)cc(C(C)(C)O)c4Cl)c3F)c(NC)nc2n1. The van der Waals surface area contributed by atoms with Gasteiger partial charge in [-0.15, -0.1) is 0 Å². The van der Waals surface area contributed by atoms with Gasteiger partial charge in [-0.05, 0) is 38.1 Å². The first kappa shape index (κ1) is 26.8. The normalized spacial score (nSPS) is 12.0. The summed E-state index contributed by atoms with van der Waals surface area (Å²) in [5.41, 5.74) is -0.821. The van der Waals surface area contributed by atoms with Gasteiger partial charge in [0.05, 0.1) is 16.3 Å². The Morgan fingerprint density at radius 3 is 2.41 bits per heavy atom. The minimum Gasteiger partial charge on any atom is -0.386 e. The Labute approximate surface area is 223 Å². The van der Waals surface area contributed by atoms with Crippen molar-refractivity contribution >= 4 is 61.7 Å². The van der Waals surface area contributed by atoms with Crippen LogP contribution in [-0.4, -0.2) is 42.6 Å². The van der Waals surface area contributed by atoms with Crippen LogP contribution >= 0.6 is 23.2 Å². The number of nitrogens with one attached hydrogen (secondary N) is 3. The second kappa shape index (κ2) is 9.90. The van der Waals surface area contributed by atoms with Gasteiger partial charge in [-0.3, -0.25) is 4.72 Å². The maximum atomic E-state index is 15.8. The van der Waals surface area contributed by atoms with Crippen LogP contribution in [0.3, 0.4) is 0 Å². The van der Waals surface area contributed by atoms with Gasteiger partial charge in [0.25, 0.3) is 10.0 Å². The molecule has 0 aliphatic carbocycles. The van der Waals surface area contributed by atoms with E-state index in [9.17, 15) is 13.5 Å². The molecule has 0 atom stereocenters. The number of aliphatic hydroxyl groups is 1. The van der Waals surface area contributed by atoms with E-state index in [0.717, 1.165) is 6.07 Å². The van der Waals surface area contributed by atoms with E-state index in [4.69, 9.17) is 23.2 Å². The van der Waals surface area contributed by atoms with E-state index in [1.807, 2.05) is 0 Å². The van der Waals surface area contributed by atoms with E-state index in [-0.39, 0.29) is 26.9 Å². The number of rotatable bonds is 7. The van der Waals surface area contributed by atoms with Crippen molar-refractivity contribution in [2.24, 2.45) is 0 Å². The molecule has 0 saturated carbocycles. The van der Waals surface area contributed by atoms with Gasteiger partial charge in [0, 0.05) is 47.4 Å². The van der Waals surface area contributed by atoms with Crippen molar-refractivity contribution < 1.29 is 17.9 Å². The Balaban J connectivity index is 1.81. The van der Waals surface area contributed by atoms with Gasteiger partial charge in [0.1, 0.15) is 10.7 Å². The molecule has 0 spiro atoms. The van der Waals surface area contributed by atoms with Crippen LogP contribution in [0.15, 0.2) is 47.5 Å². The molecular weight excluding hydrogens is 542 g/mol. The lowest BCUT2D eigenvalue weighted by Crippen LogP contribution is -2.20. The quantitative estimate of drug-likeness (QED) is 0.239. The van der Waals surface area contributed by atoms with E-state index in [0.29, 0.717) is 28.4 Å². The summed E-state index contributed by atoms with van der Waals surface area (Å²) in [6.07, 6.45) is 1.55. The van der Waals surface area contributed by atoms with Crippen molar-refractivity contribution in [2.45, 2.75) is 24.3 Å². The molecule has 0 unspecified atom stereocenters. The van der Waals surface area contributed by atoms with Gasteiger partial charge < -0.3 is 15.7 Å². The molecule has 2 heterocycles. The molecule has 4 N–H and O–H groups in total. The van der Waals surface area contributed by atoms with Crippen LogP contribution in [0, 0.1) is 5.82 Å². The summed E-state index contributed by atoms with van der Waals surface area (Å²) < 4.78 is 44.5. The van der Waals surface area contributed by atoms with Crippen LogP contribution in [0.1, 0.15) is 19.4 Å². The Morgan fingerprint density at radius 2 is 1.76 bits per heavy atom. The third-order valence-corrected chi connectivity index (χ3v) is 7.64. The Morgan fingerprint density at radius 1 is 1.03 bits per heavy atom. The van der Waals surface area contributed by atoms with Crippen molar-refractivity contribution in [3.05, 3.63) is 64.0 Å². The fourth-order valence-corrected chi connectivity index (χ4v) is 5.82. The summed E-state index contributed by atoms with van der Waals surface area (Å²) in [6.45, 7) is 2.89. The standard InChI is InChI=1S/C24H23Cl2FN6O3S/c1-24(2,34)16-9-13(25)10-18(19(16)26)37(35,36)33-17-7-5-6-14(20(17)27)15-8-12-11-30-23(29-4)32-21(12)31-22(15)28-3/h5-11,33-34H,1-4H3,(H2,28,29,30,31,32). The van der Waals surface area contributed by atoms with Crippen LogP contribution in [0.25, 0.3) is 22.2 Å². The minimum atomic E-state index is -4.40. The number of hydrogen-bond acceptors (Lipinski definition) is 8. The molecule has 0 radical (unpaired) electrons. The zero-order valence-electron chi connectivity index (χ0n) is 20.2. The topological polar surface area (TPSA) is 129 Å². The van der Waals surface area contributed by atoms with E-state index in [1.54, 1.807) is 26.4 Å². The molecule has 0 saturated heterocycles. The fourth-order valence-electron chi connectivity index (χ4n) is 3.70. The number of aromatic nitrogens is 3. The molecule has 2 aromatic carbocycles. The third-order valence-electron chi connectivity index (χ3n) is 5.51. The Hall–Kier alpha value is -3.25. The Bertz CT molecular complexity index is 1630. The van der Waals surface area contributed by atoms with Crippen LogP contribution in [0.5, 0.6) is 0 Å². The fraction of sp³-hybridized carbons (Fsp3) is 0.208. The lowest BCUT2D eigenvalue weighted by molar-refractivity contribution is 0.0785. The maximum absolute atomic E-state index is 15.8. The average Bonchev–Trinajstić information content (AvgIpc) is 2.84. The first-order chi connectivity index (χ1) is 17.4. The molecule has 13 heteroatoms. The molecule has 194 valence electrons. The molecular formula is C24H23Cl2FN6O3S. The van der Waals surface area contributed by atoms with Crippen LogP contribution in [-0.2, 0) is 15.6 Å². The lowest BCUT2D eigenvalue weighted by atomic mass is 9.98. The van der Waals surface area contributed by atoms with Crippen molar-refractivity contribution in [2.75, 3.05) is 29.5 Å². The number of benzene rings is 2. The monoisotopic (exact) mass is 564 g/mol. The molecule has 0 aliphatic rings. The summed E-state index contributed by atoms with van der Waals surface area (Å²) in [6, 6.07) is 8.45. The maximum Gasteiger partial charge on any atom is 0.263 e. The predicted octanol–water partition coefficient (Wildman–Crippen LogP) is 5.25. The predicted molar refractivity (Wildman–Crippen MR) is 144 cm³/mol. The number of sulfonamides is 1. The van der Waals surface area contributed by atoms with Gasteiger partial charge in [0.15, 0.2) is 11.5 Å². The number of anilines is 3. The molecule has 4 aromatic rings. The molecule has 0 aliphatic heterocycles. The highest BCUT2D eigenvalue weighted by atomic mass is 35.5. The van der Waals surface area contributed by atoms with E-state index in [1.165, 1.54) is 38.1 Å². The zero-order valence-corrected chi connectivity index (χ0v) is 22.5. The van der Waals surface area contributed by atoms with E-state index < -0.39 is 26.3 Å². The second-order valence-corrected chi connectivity index (χ2v) is 11.1. The largest absolute Gasteiger partial charge is 0.386 e. The number of nitrogens with zero attached hydrogens (tertiary/aromatic N) is 3. The molecule has 4 rings (SSSR count). The van der Waals surface area contributed by atoms with Crippen molar-refractivity contribution in [3.63, 3.8) is 0 Å². The van der Waals surface area contributed by atoms with Gasteiger partial charge >= 0.3 is 0 Å². The van der Waals surface area contributed by atoms with Crippen LogP contribution in [0.2, 0.25) is 10.0 Å². The summed E-state index contributed by atoms with van der Waals surface area (Å²) >= 11 is 12.4. The second-order valence-electron chi connectivity index (χ2n) is 8.59. The van der Waals surface area contributed by atoms with Gasteiger partial charge in [-0.25, -0.2) is 22.8 Å². The highest BCUT2D eigenvalue weighted by molar-refractivity contribution is 7.92. The van der Waals surface area contributed by atoms with Gasteiger partial charge in [-0.2, -0.15) is 4.98 Å². The number of fused-ring (bicyclic) bond motifs is 1. The first-order valence-electron chi connectivity index (χ1n) is 10.9. The number of pyridine rings is 1. The lowest BCUT2D eigenvalue weighted by Gasteiger charge is -2.22. The summed E-state index contributed by atoms with van der Waals surface area (Å²) in [7, 11) is -1.10. The minimum absolute atomic E-state index is 0.0423. The van der Waals surface area contributed by atoms with Crippen LogP contribution < -0.4 is 15.4 Å². The molecule has 9 nitrogen and oxygen atoms in total. The van der Waals surface area contributed by atoms with Gasteiger partial charge in [-0.1, -0.05) is 35.3 Å². The third kappa shape index (κ3) is 5.26.